The molecule has 0 fully saturated rings. The zero-order valence-corrected chi connectivity index (χ0v) is 11.5. The van der Waals surface area contributed by atoms with Crippen molar-refractivity contribution in [2.75, 3.05) is 33.4 Å². The van der Waals surface area contributed by atoms with E-state index in [-0.39, 0.29) is 11.0 Å². The molecule has 0 aliphatic rings. The lowest BCUT2D eigenvalue weighted by atomic mass is 9.75. The van der Waals surface area contributed by atoms with Crippen molar-refractivity contribution in [1.29, 1.82) is 0 Å². The fourth-order valence-electron chi connectivity index (χ4n) is 1.40. The van der Waals surface area contributed by atoms with Gasteiger partial charge in [-0.05, 0) is 19.3 Å². The third-order valence-electron chi connectivity index (χ3n) is 3.36. The van der Waals surface area contributed by atoms with Crippen LogP contribution in [-0.4, -0.2) is 43.8 Å². The molecule has 0 amide bonds. The van der Waals surface area contributed by atoms with Crippen molar-refractivity contribution >= 4 is 0 Å². The lowest BCUT2D eigenvalue weighted by molar-refractivity contribution is 0.0932. The van der Waals surface area contributed by atoms with Gasteiger partial charge in [0.15, 0.2) is 0 Å². The van der Waals surface area contributed by atoms with Crippen molar-refractivity contribution in [3.63, 3.8) is 0 Å². The Morgan fingerprint density at radius 2 is 1.88 bits per heavy atom. The third kappa shape index (κ3) is 5.10. The molecule has 0 bridgehead atoms. The molecule has 96 valence electrons. The van der Waals surface area contributed by atoms with Crippen molar-refractivity contribution in [3.05, 3.63) is 12.7 Å². The van der Waals surface area contributed by atoms with E-state index in [9.17, 15) is 0 Å². The third-order valence-corrected chi connectivity index (χ3v) is 3.36. The fourth-order valence-corrected chi connectivity index (χ4v) is 1.40. The number of rotatable bonds is 8. The molecule has 3 heteroatoms. The van der Waals surface area contributed by atoms with Crippen LogP contribution in [0.1, 0.15) is 27.7 Å². The van der Waals surface area contributed by atoms with Crippen LogP contribution in [0.4, 0.5) is 0 Å². The number of ether oxygens (including phenoxy) is 1. The summed E-state index contributed by atoms with van der Waals surface area (Å²) in [5.74, 6) is 0. The predicted octanol–water partition coefficient (Wildman–Crippen LogP) is 1.88. The topological polar surface area (TPSA) is 38.5 Å². The first-order valence-electron chi connectivity index (χ1n) is 5.85. The maximum absolute atomic E-state index is 6.20. The van der Waals surface area contributed by atoms with Gasteiger partial charge in [-0.25, -0.2) is 0 Å². The second kappa shape index (κ2) is 6.38. The summed E-state index contributed by atoms with van der Waals surface area (Å²) in [6.45, 7) is 15.8. The lowest BCUT2D eigenvalue weighted by Gasteiger charge is -2.42. The molecular weight excluding hydrogens is 200 g/mol. The average molecular weight is 228 g/mol. The van der Waals surface area contributed by atoms with Crippen molar-refractivity contribution < 1.29 is 4.74 Å². The molecular formula is C13H28N2O. The van der Waals surface area contributed by atoms with Gasteiger partial charge in [0, 0.05) is 32.3 Å². The summed E-state index contributed by atoms with van der Waals surface area (Å²) in [6.07, 6.45) is 1.93. The van der Waals surface area contributed by atoms with Gasteiger partial charge in [0.1, 0.15) is 0 Å². The van der Waals surface area contributed by atoms with Gasteiger partial charge in [0.25, 0.3) is 0 Å². The Morgan fingerprint density at radius 3 is 2.25 bits per heavy atom. The monoisotopic (exact) mass is 228 g/mol. The van der Waals surface area contributed by atoms with Crippen LogP contribution in [0.15, 0.2) is 12.7 Å². The van der Waals surface area contributed by atoms with E-state index in [1.165, 1.54) is 0 Å². The Labute approximate surface area is 101 Å². The summed E-state index contributed by atoms with van der Waals surface area (Å²) in [4.78, 5) is 2.32. The Hall–Kier alpha value is -0.380. The van der Waals surface area contributed by atoms with Gasteiger partial charge in [-0.1, -0.05) is 19.9 Å². The van der Waals surface area contributed by atoms with Crippen LogP contribution in [0.3, 0.4) is 0 Å². The Kier molecular flexibility index (Phi) is 6.23. The molecule has 0 aromatic rings. The van der Waals surface area contributed by atoms with Crippen LogP contribution >= 0.6 is 0 Å². The van der Waals surface area contributed by atoms with Crippen molar-refractivity contribution in [2.24, 2.45) is 11.1 Å². The summed E-state index contributed by atoms with van der Waals surface area (Å²) in [5.41, 5.74) is 6.07. The highest BCUT2D eigenvalue weighted by Gasteiger charge is 2.34. The molecule has 0 aromatic carbocycles. The average Bonchev–Trinajstić information content (AvgIpc) is 2.12. The van der Waals surface area contributed by atoms with E-state index in [0.717, 1.165) is 26.2 Å². The van der Waals surface area contributed by atoms with Gasteiger partial charge in [0.05, 0.1) is 6.61 Å². The van der Waals surface area contributed by atoms with Gasteiger partial charge in [-0.2, -0.15) is 0 Å². The van der Waals surface area contributed by atoms with Crippen molar-refractivity contribution in [3.8, 4) is 0 Å². The number of hydrogen-bond acceptors (Lipinski definition) is 3. The lowest BCUT2D eigenvalue weighted by Crippen LogP contribution is -2.53. The zero-order valence-electron chi connectivity index (χ0n) is 11.5. The minimum absolute atomic E-state index is 0.0593. The first-order chi connectivity index (χ1) is 7.24. The van der Waals surface area contributed by atoms with Gasteiger partial charge < -0.3 is 10.5 Å². The molecule has 0 radical (unpaired) electrons. The molecule has 0 aromatic heterocycles. The molecule has 0 rings (SSSR count). The highest BCUT2D eigenvalue weighted by molar-refractivity contribution is 4.93. The van der Waals surface area contributed by atoms with Crippen molar-refractivity contribution in [1.82, 2.24) is 4.90 Å². The first-order valence-corrected chi connectivity index (χ1v) is 5.85. The highest BCUT2D eigenvalue weighted by Crippen LogP contribution is 2.29. The molecule has 0 saturated heterocycles. The zero-order chi connectivity index (χ0) is 12.8. The van der Waals surface area contributed by atoms with E-state index in [4.69, 9.17) is 10.5 Å². The van der Waals surface area contributed by atoms with Gasteiger partial charge >= 0.3 is 0 Å². The summed E-state index contributed by atoms with van der Waals surface area (Å²) in [5, 5.41) is 0. The molecule has 0 unspecified atom stereocenters. The molecule has 0 aliphatic carbocycles. The Morgan fingerprint density at radius 1 is 1.31 bits per heavy atom. The standard InChI is InChI=1S/C13H28N2O/c1-7-8-15(9-10-16-6)11-12(2,3)13(4,5)14/h7H,1,8-11,14H2,2-6H3. The highest BCUT2D eigenvalue weighted by atomic mass is 16.5. The van der Waals surface area contributed by atoms with Gasteiger partial charge in [-0.3, -0.25) is 4.90 Å². The molecule has 2 N–H and O–H groups in total. The van der Waals surface area contributed by atoms with Gasteiger partial charge in [-0.15, -0.1) is 6.58 Å². The van der Waals surface area contributed by atoms with Crippen LogP contribution in [-0.2, 0) is 4.74 Å². The minimum atomic E-state index is -0.195. The maximum atomic E-state index is 6.20. The number of nitrogens with zero attached hydrogens (tertiary/aromatic N) is 1. The molecule has 0 saturated carbocycles. The predicted molar refractivity (Wildman–Crippen MR) is 70.6 cm³/mol. The van der Waals surface area contributed by atoms with Crippen LogP contribution in [0.5, 0.6) is 0 Å². The van der Waals surface area contributed by atoms with E-state index in [2.05, 4.69) is 39.2 Å². The Bertz CT molecular complexity index is 206. The number of methoxy groups -OCH3 is 1. The summed E-state index contributed by atoms with van der Waals surface area (Å²) in [7, 11) is 1.73. The number of nitrogens with two attached hydrogens (primary N) is 1. The van der Waals surface area contributed by atoms with E-state index in [1.807, 2.05) is 6.08 Å². The fraction of sp³-hybridized carbons (Fsp3) is 0.846. The SMILES string of the molecule is C=CCN(CCOC)CC(C)(C)C(C)(C)N. The quantitative estimate of drug-likeness (QED) is 0.645. The van der Waals surface area contributed by atoms with Crippen LogP contribution < -0.4 is 5.73 Å². The summed E-state index contributed by atoms with van der Waals surface area (Å²) in [6, 6.07) is 0. The normalized spacial score (nSPS) is 13.2. The number of hydrogen-bond donors (Lipinski definition) is 1. The minimum Gasteiger partial charge on any atom is -0.383 e. The van der Waals surface area contributed by atoms with E-state index >= 15 is 0 Å². The second-order valence-electron chi connectivity index (χ2n) is 5.62. The van der Waals surface area contributed by atoms with E-state index < -0.39 is 0 Å². The van der Waals surface area contributed by atoms with E-state index in [0.29, 0.717) is 0 Å². The van der Waals surface area contributed by atoms with Crippen molar-refractivity contribution in [2.45, 2.75) is 33.2 Å². The van der Waals surface area contributed by atoms with Crippen LogP contribution in [0, 0.1) is 5.41 Å². The molecule has 0 atom stereocenters. The molecule has 16 heavy (non-hydrogen) atoms. The molecule has 0 heterocycles. The molecule has 0 aliphatic heterocycles. The van der Waals surface area contributed by atoms with E-state index in [1.54, 1.807) is 7.11 Å². The summed E-state index contributed by atoms with van der Waals surface area (Å²) < 4.78 is 5.11. The van der Waals surface area contributed by atoms with Crippen LogP contribution in [0.2, 0.25) is 0 Å². The largest absolute Gasteiger partial charge is 0.383 e. The molecule has 0 spiro atoms. The smallest absolute Gasteiger partial charge is 0.0589 e. The molecule has 3 nitrogen and oxygen atoms in total. The van der Waals surface area contributed by atoms with Crippen LogP contribution in [0.25, 0.3) is 0 Å². The first kappa shape index (κ1) is 15.6. The summed E-state index contributed by atoms with van der Waals surface area (Å²) >= 11 is 0. The second-order valence-corrected chi connectivity index (χ2v) is 5.62. The van der Waals surface area contributed by atoms with Gasteiger partial charge in [0.2, 0.25) is 0 Å². The Balaban J connectivity index is 4.42. The maximum Gasteiger partial charge on any atom is 0.0589 e.